The van der Waals surface area contributed by atoms with Crippen LogP contribution in [0.5, 0.6) is 0 Å². The Bertz CT molecular complexity index is 85.3. The molecule has 1 nitrogen and oxygen atoms in total. The SMILES string of the molecule is [CH2-]C1CCCN(C)C1[CH2-].[Y]. The third-order valence-electron chi connectivity index (χ3n) is 2.20. The first-order chi connectivity index (χ1) is 4.22. The summed E-state index contributed by atoms with van der Waals surface area (Å²) >= 11 is 0. The van der Waals surface area contributed by atoms with E-state index in [4.69, 9.17) is 0 Å². The molecule has 1 heterocycles. The summed E-state index contributed by atoms with van der Waals surface area (Å²) in [6, 6.07) is 0.443. The molecule has 57 valence electrons. The van der Waals surface area contributed by atoms with Gasteiger partial charge in [-0.2, -0.15) is 5.92 Å². The second-order valence-electron chi connectivity index (χ2n) is 2.95. The van der Waals surface area contributed by atoms with Gasteiger partial charge in [-0.25, -0.2) is 0 Å². The van der Waals surface area contributed by atoms with Crippen LogP contribution in [0.25, 0.3) is 0 Å². The van der Waals surface area contributed by atoms with Gasteiger partial charge in [0.05, 0.1) is 0 Å². The van der Waals surface area contributed by atoms with Crippen molar-refractivity contribution in [2.45, 2.75) is 18.9 Å². The largest absolute Gasteiger partial charge is 0.341 e. The summed E-state index contributed by atoms with van der Waals surface area (Å²) in [4.78, 5) is 2.28. The van der Waals surface area contributed by atoms with E-state index in [1.165, 1.54) is 19.4 Å². The maximum absolute atomic E-state index is 4.02. The fourth-order valence-corrected chi connectivity index (χ4v) is 1.32. The summed E-state index contributed by atoms with van der Waals surface area (Å²) in [5.74, 6) is 0.545. The summed E-state index contributed by atoms with van der Waals surface area (Å²) in [5, 5.41) is 0. The van der Waals surface area contributed by atoms with Crippen molar-refractivity contribution < 1.29 is 32.7 Å². The van der Waals surface area contributed by atoms with Gasteiger partial charge >= 0.3 is 0 Å². The van der Waals surface area contributed by atoms with Gasteiger partial charge in [-0.15, -0.1) is 6.04 Å². The molecule has 2 unspecified atom stereocenters. The van der Waals surface area contributed by atoms with Gasteiger partial charge in [0, 0.05) is 32.7 Å². The first-order valence-corrected chi connectivity index (χ1v) is 3.58. The molecule has 0 aromatic carbocycles. The average molecular weight is 214 g/mol. The third kappa shape index (κ3) is 2.60. The van der Waals surface area contributed by atoms with Gasteiger partial charge in [0.2, 0.25) is 0 Å². The van der Waals surface area contributed by atoms with Crippen LogP contribution in [0.4, 0.5) is 0 Å². The Labute approximate surface area is 89.4 Å². The number of rotatable bonds is 0. The van der Waals surface area contributed by atoms with Gasteiger partial charge in [0.1, 0.15) is 0 Å². The molecule has 0 aromatic rings. The Morgan fingerprint density at radius 3 is 2.40 bits per heavy atom. The van der Waals surface area contributed by atoms with E-state index < -0.39 is 0 Å². The van der Waals surface area contributed by atoms with Crippen LogP contribution in [-0.4, -0.2) is 24.5 Å². The second kappa shape index (κ2) is 4.84. The molecular formula is C8H15NY-2. The van der Waals surface area contributed by atoms with E-state index in [0.717, 1.165) is 0 Å². The van der Waals surface area contributed by atoms with E-state index >= 15 is 0 Å². The average Bonchev–Trinajstić information content (AvgIpc) is 1.83. The van der Waals surface area contributed by atoms with E-state index in [0.29, 0.717) is 12.0 Å². The Balaban J connectivity index is 0.000000810. The Morgan fingerprint density at radius 1 is 1.40 bits per heavy atom. The van der Waals surface area contributed by atoms with Crippen molar-refractivity contribution in [2.24, 2.45) is 5.92 Å². The maximum Gasteiger partial charge on any atom is 0 e. The van der Waals surface area contributed by atoms with E-state index in [1.54, 1.807) is 0 Å². The molecule has 0 aliphatic carbocycles. The summed E-state index contributed by atoms with van der Waals surface area (Å²) in [7, 11) is 2.12. The minimum absolute atomic E-state index is 0. The van der Waals surface area contributed by atoms with Crippen molar-refractivity contribution >= 4 is 0 Å². The van der Waals surface area contributed by atoms with Crippen molar-refractivity contribution in [3.63, 3.8) is 0 Å². The van der Waals surface area contributed by atoms with Gasteiger partial charge in [-0.3, -0.25) is 0 Å². The van der Waals surface area contributed by atoms with E-state index in [9.17, 15) is 0 Å². The van der Waals surface area contributed by atoms with Crippen LogP contribution in [0, 0.1) is 19.8 Å². The topological polar surface area (TPSA) is 3.24 Å². The molecule has 0 amide bonds. The molecule has 1 aliphatic rings. The van der Waals surface area contributed by atoms with Crippen molar-refractivity contribution in [1.82, 2.24) is 4.90 Å². The maximum atomic E-state index is 4.02. The summed E-state index contributed by atoms with van der Waals surface area (Å²) in [6.45, 7) is 9.24. The molecule has 1 radical (unpaired) electrons. The molecule has 1 rings (SSSR count). The first kappa shape index (κ1) is 11.1. The van der Waals surface area contributed by atoms with E-state index in [1.807, 2.05) is 0 Å². The summed E-state index contributed by atoms with van der Waals surface area (Å²) in [6.07, 6.45) is 2.54. The van der Waals surface area contributed by atoms with Gasteiger partial charge in [0.15, 0.2) is 0 Å². The molecule has 2 heteroatoms. The number of hydrogen-bond donors (Lipinski definition) is 0. The molecule has 2 atom stereocenters. The molecule has 0 saturated carbocycles. The van der Waals surface area contributed by atoms with Crippen LogP contribution in [0.3, 0.4) is 0 Å². The normalized spacial score (nSPS) is 35.1. The molecule has 1 fully saturated rings. The third-order valence-corrected chi connectivity index (χ3v) is 2.20. The zero-order valence-corrected chi connectivity index (χ0v) is 9.55. The fourth-order valence-electron chi connectivity index (χ4n) is 1.32. The minimum Gasteiger partial charge on any atom is -0.341 e. The Kier molecular flexibility index (Phi) is 5.36. The number of nitrogens with zero attached hydrogens (tertiary/aromatic N) is 1. The first-order valence-electron chi connectivity index (χ1n) is 3.58. The monoisotopic (exact) mass is 214 g/mol. The Morgan fingerprint density at radius 2 is 2.00 bits per heavy atom. The van der Waals surface area contributed by atoms with Gasteiger partial charge in [-0.05, 0) is 20.0 Å². The van der Waals surface area contributed by atoms with Crippen LogP contribution in [0.15, 0.2) is 0 Å². The Hall–Kier alpha value is 1.06. The second-order valence-corrected chi connectivity index (χ2v) is 2.95. The predicted octanol–water partition coefficient (Wildman–Crippen LogP) is 1.36. The molecule has 1 aliphatic heterocycles. The van der Waals surface area contributed by atoms with E-state index in [-0.39, 0.29) is 32.7 Å². The molecule has 0 aromatic heterocycles. The molecule has 0 bridgehead atoms. The zero-order chi connectivity index (χ0) is 6.85. The van der Waals surface area contributed by atoms with Gasteiger partial charge in [-0.1, -0.05) is 6.42 Å². The van der Waals surface area contributed by atoms with Crippen molar-refractivity contribution in [3.05, 3.63) is 13.8 Å². The summed E-state index contributed by atoms with van der Waals surface area (Å²) in [5.41, 5.74) is 0. The predicted molar refractivity (Wildman–Crippen MR) is 39.9 cm³/mol. The van der Waals surface area contributed by atoms with Crippen molar-refractivity contribution in [2.75, 3.05) is 13.6 Å². The minimum atomic E-state index is 0. The zero-order valence-electron chi connectivity index (χ0n) is 6.71. The van der Waals surface area contributed by atoms with Crippen LogP contribution in [0.2, 0.25) is 0 Å². The number of piperidine rings is 1. The summed E-state index contributed by atoms with van der Waals surface area (Å²) < 4.78 is 0. The van der Waals surface area contributed by atoms with Gasteiger partial charge < -0.3 is 18.7 Å². The van der Waals surface area contributed by atoms with Crippen molar-refractivity contribution in [3.8, 4) is 0 Å². The molecule has 0 spiro atoms. The quantitative estimate of drug-likeness (QED) is 0.550. The van der Waals surface area contributed by atoms with Crippen LogP contribution in [-0.2, 0) is 32.7 Å². The molecule has 0 N–H and O–H groups in total. The van der Waals surface area contributed by atoms with E-state index in [2.05, 4.69) is 25.8 Å². The van der Waals surface area contributed by atoms with Gasteiger partial charge in [0.25, 0.3) is 0 Å². The molecular weight excluding hydrogens is 199 g/mol. The van der Waals surface area contributed by atoms with Crippen LogP contribution < -0.4 is 0 Å². The van der Waals surface area contributed by atoms with Crippen LogP contribution >= 0.6 is 0 Å². The standard InChI is InChI=1S/C8H15N.Y/c1-7-5-4-6-9(3)8(7)2;/h7-8H,1-2,4-6H2,3H3;/q-2;. The number of likely N-dealkylation sites (tertiary alicyclic amines) is 1. The smallest absolute Gasteiger partial charge is 0 e. The number of hydrogen-bond acceptors (Lipinski definition) is 1. The van der Waals surface area contributed by atoms with Crippen molar-refractivity contribution in [1.29, 1.82) is 0 Å². The molecule has 10 heavy (non-hydrogen) atoms. The fraction of sp³-hybridized carbons (Fsp3) is 0.750. The van der Waals surface area contributed by atoms with Crippen LogP contribution in [0.1, 0.15) is 12.8 Å². The molecule has 1 saturated heterocycles.